The first-order valence-electron chi connectivity index (χ1n) is 8.18. The molecule has 130 valence electrons. The molecule has 1 aromatic carbocycles. The molecule has 8 nitrogen and oxygen atoms in total. The molecule has 0 radical (unpaired) electrons. The Balaban J connectivity index is 1.85. The number of hydrogen-bond acceptors (Lipinski definition) is 7. The summed E-state index contributed by atoms with van der Waals surface area (Å²) in [4.78, 5) is 19.4. The standard InChI is InChI=1S/C18H15N5O3/c24-23(25)13-7-5-12(6-8-13)16-15(18-20-10-3-11-21-18)17(26-22-16)14-4-1-2-9-19-14/h1-2,4-9H,3,10-11H2,(H,20,21). The minimum Gasteiger partial charge on any atom is -0.370 e. The Hall–Kier alpha value is -3.55. The minimum absolute atomic E-state index is 0.0249. The number of non-ortho nitro benzene ring substituents is 1. The Kier molecular flexibility index (Phi) is 4.14. The number of nitrogens with one attached hydrogen (secondary N) is 1. The van der Waals surface area contributed by atoms with Crippen molar-refractivity contribution in [2.24, 2.45) is 4.99 Å². The van der Waals surface area contributed by atoms with Crippen molar-refractivity contribution in [3.63, 3.8) is 0 Å². The molecule has 0 fully saturated rings. The maximum absolute atomic E-state index is 10.9. The number of nitro groups is 1. The van der Waals surface area contributed by atoms with Crippen LogP contribution in [0.5, 0.6) is 0 Å². The lowest BCUT2D eigenvalue weighted by Gasteiger charge is -2.15. The van der Waals surface area contributed by atoms with Gasteiger partial charge in [-0.1, -0.05) is 11.2 Å². The Morgan fingerprint density at radius 2 is 2.00 bits per heavy atom. The van der Waals surface area contributed by atoms with Gasteiger partial charge < -0.3 is 9.84 Å². The quantitative estimate of drug-likeness (QED) is 0.573. The van der Waals surface area contributed by atoms with Crippen molar-refractivity contribution in [3.05, 3.63) is 64.3 Å². The van der Waals surface area contributed by atoms with Gasteiger partial charge in [-0.3, -0.25) is 20.1 Å². The topological polar surface area (TPSA) is 106 Å². The zero-order valence-corrected chi connectivity index (χ0v) is 13.8. The van der Waals surface area contributed by atoms with Crippen molar-refractivity contribution < 1.29 is 9.45 Å². The van der Waals surface area contributed by atoms with E-state index in [1.807, 2.05) is 18.2 Å². The zero-order chi connectivity index (χ0) is 17.9. The highest BCUT2D eigenvalue weighted by Crippen LogP contribution is 2.32. The van der Waals surface area contributed by atoms with Gasteiger partial charge in [-0.25, -0.2) is 0 Å². The van der Waals surface area contributed by atoms with Gasteiger partial charge in [0.1, 0.15) is 17.2 Å². The van der Waals surface area contributed by atoms with E-state index < -0.39 is 4.92 Å². The molecule has 26 heavy (non-hydrogen) atoms. The van der Waals surface area contributed by atoms with E-state index in [0.717, 1.165) is 25.1 Å². The molecule has 1 N–H and O–H groups in total. The number of nitrogens with zero attached hydrogens (tertiary/aromatic N) is 4. The van der Waals surface area contributed by atoms with E-state index in [4.69, 9.17) is 4.52 Å². The predicted octanol–water partition coefficient (Wildman–Crippen LogP) is 3.05. The molecular formula is C18H15N5O3. The fraction of sp³-hybridized carbons (Fsp3) is 0.167. The lowest BCUT2D eigenvalue weighted by molar-refractivity contribution is -0.384. The number of rotatable bonds is 4. The average molecular weight is 349 g/mol. The van der Waals surface area contributed by atoms with Gasteiger partial charge >= 0.3 is 0 Å². The fourth-order valence-corrected chi connectivity index (χ4v) is 2.82. The summed E-state index contributed by atoms with van der Waals surface area (Å²) in [6.07, 6.45) is 2.64. The van der Waals surface area contributed by atoms with Crippen LogP contribution in [0.3, 0.4) is 0 Å². The summed E-state index contributed by atoms with van der Waals surface area (Å²) < 4.78 is 5.60. The second-order valence-corrected chi connectivity index (χ2v) is 5.76. The monoisotopic (exact) mass is 349 g/mol. The van der Waals surface area contributed by atoms with Gasteiger partial charge in [-0.15, -0.1) is 0 Å². The van der Waals surface area contributed by atoms with Crippen LogP contribution in [0.25, 0.3) is 22.7 Å². The van der Waals surface area contributed by atoms with Gasteiger partial charge in [-0.2, -0.15) is 0 Å². The summed E-state index contributed by atoms with van der Waals surface area (Å²) in [7, 11) is 0. The van der Waals surface area contributed by atoms with Gasteiger partial charge in [0.2, 0.25) is 0 Å². The van der Waals surface area contributed by atoms with Gasteiger partial charge in [0.25, 0.3) is 5.69 Å². The molecule has 0 bridgehead atoms. The SMILES string of the molecule is O=[N+]([O-])c1ccc(-c2noc(-c3ccccn3)c2C2=NCCCN2)cc1. The van der Waals surface area contributed by atoms with E-state index in [1.165, 1.54) is 12.1 Å². The highest BCUT2D eigenvalue weighted by Gasteiger charge is 2.25. The van der Waals surface area contributed by atoms with Crippen LogP contribution in [-0.4, -0.2) is 34.0 Å². The average Bonchev–Trinajstić information content (AvgIpc) is 3.14. The summed E-state index contributed by atoms with van der Waals surface area (Å²) in [6.45, 7) is 1.53. The van der Waals surface area contributed by atoms with Crippen molar-refractivity contribution >= 4 is 11.5 Å². The van der Waals surface area contributed by atoms with E-state index >= 15 is 0 Å². The summed E-state index contributed by atoms with van der Waals surface area (Å²) >= 11 is 0. The summed E-state index contributed by atoms with van der Waals surface area (Å²) in [5, 5.41) is 18.4. The third kappa shape index (κ3) is 2.92. The molecule has 0 atom stereocenters. The van der Waals surface area contributed by atoms with Crippen LogP contribution in [0.1, 0.15) is 12.0 Å². The predicted molar refractivity (Wildman–Crippen MR) is 95.8 cm³/mol. The molecule has 0 spiro atoms. The highest BCUT2D eigenvalue weighted by atomic mass is 16.6. The van der Waals surface area contributed by atoms with Gasteiger partial charge in [-0.05, 0) is 30.7 Å². The third-order valence-corrected chi connectivity index (χ3v) is 4.08. The summed E-state index contributed by atoms with van der Waals surface area (Å²) in [5.74, 6) is 1.22. The van der Waals surface area contributed by atoms with Crippen molar-refractivity contribution in [2.45, 2.75) is 6.42 Å². The lowest BCUT2D eigenvalue weighted by Crippen LogP contribution is -2.30. The zero-order valence-electron chi connectivity index (χ0n) is 13.8. The van der Waals surface area contributed by atoms with Gasteiger partial charge in [0.15, 0.2) is 5.76 Å². The lowest BCUT2D eigenvalue weighted by atomic mass is 10.0. The maximum atomic E-state index is 10.9. The van der Waals surface area contributed by atoms with Crippen LogP contribution in [0, 0.1) is 10.1 Å². The molecule has 0 unspecified atom stereocenters. The van der Waals surface area contributed by atoms with Crippen LogP contribution in [0.15, 0.2) is 58.2 Å². The number of aromatic nitrogens is 2. The molecular weight excluding hydrogens is 334 g/mol. The van der Waals surface area contributed by atoms with E-state index in [2.05, 4.69) is 20.4 Å². The Morgan fingerprint density at radius 1 is 1.15 bits per heavy atom. The van der Waals surface area contributed by atoms with Crippen molar-refractivity contribution in [1.29, 1.82) is 0 Å². The van der Waals surface area contributed by atoms with Crippen LogP contribution < -0.4 is 5.32 Å². The molecule has 3 heterocycles. The van der Waals surface area contributed by atoms with E-state index in [-0.39, 0.29) is 5.69 Å². The van der Waals surface area contributed by atoms with E-state index in [9.17, 15) is 10.1 Å². The largest absolute Gasteiger partial charge is 0.370 e. The van der Waals surface area contributed by atoms with E-state index in [0.29, 0.717) is 28.5 Å². The van der Waals surface area contributed by atoms with Crippen LogP contribution in [0.2, 0.25) is 0 Å². The van der Waals surface area contributed by atoms with Gasteiger partial charge in [0, 0.05) is 37.0 Å². The molecule has 3 aromatic rings. The third-order valence-electron chi connectivity index (χ3n) is 4.08. The Labute approximate surface area is 148 Å². The first-order valence-corrected chi connectivity index (χ1v) is 8.18. The Morgan fingerprint density at radius 3 is 2.65 bits per heavy atom. The number of pyridine rings is 1. The number of nitro benzene ring substituents is 1. The van der Waals surface area contributed by atoms with Crippen LogP contribution in [0.4, 0.5) is 5.69 Å². The number of benzene rings is 1. The highest BCUT2D eigenvalue weighted by molar-refractivity contribution is 6.08. The molecule has 0 aliphatic carbocycles. The number of aliphatic imine (C=N–C) groups is 1. The molecule has 1 aliphatic rings. The fourth-order valence-electron chi connectivity index (χ4n) is 2.82. The first kappa shape index (κ1) is 15.9. The molecule has 2 aromatic heterocycles. The molecule has 1 aliphatic heterocycles. The molecule has 0 saturated carbocycles. The normalized spacial score (nSPS) is 13.8. The van der Waals surface area contributed by atoms with Crippen molar-refractivity contribution in [2.75, 3.05) is 13.1 Å². The maximum Gasteiger partial charge on any atom is 0.269 e. The van der Waals surface area contributed by atoms with Crippen LogP contribution in [-0.2, 0) is 0 Å². The molecule has 8 heteroatoms. The van der Waals surface area contributed by atoms with Crippen molar-refractivity contribution in [1.82, 2.24) is 15.5 Å². The summed E-state index contributed by atoms with van der Waals surface area (Å²) in [6, 6.07) is 11.8. The van der Waals surface area contributed by atoms with Gasteiger partial charge in [0.05, 0.1) is 10.5 Å². The molecule has 0 amide bonds. The number of amidine groups is 1. The number of hydrogen-bond donors (Lipinski definition) is 1. The second kappa shape index (κ2) is 6.75. The first-order chi connectivity index (χ1) is 12.7. The Bertz CT molecular complexity index is 964. The van der Waals surface area contributed by atoms with Crippen LogP contribution >= 0.6 is 0 Å². The molecule has 4 rings (SSSR count). The minimum atomic E-state index is -0.431. The van der Waals surface area contributed by atoms with Crippen molar-refractivity contribution in [3.8, 4) is 22.7 Å². The van der Waals surface area contributed by atoms with E-state index in [1.54, 1.807) is 18.3 Å². The second-order valence-electron chi connectivity index (χ2n) is 5.76. The summed E-state index contributed by atoms with van der Waals surface area (Å²) in [5.41, 5.74) is 2.69. The molecule has 0 saturated heterocycles. The smallest absolute Gasteiger partial charge is 0.269 e.